The lowest BCUT2D eigenvalue weighted by atomic mass is 9.85. The number of nitrogens with zero attached hydrogens (tertiary/aromatic N) is 1. The monoisotopic (exact) mass is 293 g/mol. The van der Waals surface area contributed by atoms with Gasteiger partial charge in [0.1, 0.15) is 0 Å². The first kappa shape index (κ1) is 14.7. The van der Waals surface area contributed by atoms with Crippen LogP contribution in [0.5, 0.6) is 0 Å². The molecule has 0 bridgehead atoms. The highest BCUT2D eigenvalue weighted by Crippen LogP contribution is 2.37. The van der Waals surface area contributed by atoms with Gasteiger partial charge in [-0.1, -0.05) is 32.1 Å². The van der Waals surface area contributed by atoms with Crippen LogP contribution < -0.4 is 11.3 Å². The van der Waals surface area contributed by atoms with Crippen LogP contribution >= 0.6 is 11.3 Å². The van der Waals surface area contributed by atoms with Crippen molar-refractivity contribution in [2.75, 3.05) is 0 Å². The summed E-state index contributed by atoms with van der Waals surface area (Å²) in [5.41, 5.74) is 2.63. The van der Waals surface area contributed by atoms with E-state index < -0.39 is 11.2 Å². The Morgan fingerprint density at radius 2 is 2.05 bits per heavy atom. The van der Waals surface area contributed by atoms with E-state index in [1.54, 1.807) is 0 Å². The van der Waals surface area contributed by atoms with Crippen molar-refractivity contribution in [3.05, 3.63) is 16.1 Å². The number of nitrogens with two attached hydrogens (primary N) is 1. The molecule has 1 unspecified atom stereocenters. The average molecular weight is 293 g/mol. The highest BCUT2D eigenvalue weighted by molar-refractivity contribution is 7.11. The largest absolute Gasteiger partial charge is 0.443 e. The Morgan fingerprint density at radius 3 is 2.58 bits per heavy atom. The van der Waals surface area contributed by atoms with Crippen LogP contribution in [0.3, 0.4) is 0 Å². The summed E-state index contributed by atoms with van der Waals surface area (Å²) in [4.78, 5) is 4.02. The van der Waals surface area contributed by atoms with E-state index in [0.717, 1.165) is 19.3 Å². The molecule has 3 nitrogen and oxygen atoms in total. The molecule has 0 radical (unpaired) electrons. The summed E-state index contributed by atoms with van der Waals surface area (Å²) >= 11 is 0.682. The van der Waals surface area contributed by atoms with E-state index in [9.17, 15) is 13.2 Å². The maximum absolute atomic E-state index is 12.5. The molecule has 1 aliphatic rings. The maximum Gasteiger partial charge on any atom is 0.443 e. The van der Waals surface area contributed by atoms with Gasteiger partial charge in [-0.25, -0.2) is 4.98 Å². The van der Waals surface area contributed by atoms with E-state index in [2.05, 4.69) is 10.4 Å². The topological polar surface area (TPSA) is 50.9 Å². The molecule has 19 heavy (non-hydrogen) atoms. The molecule has 1 aliphatic carbocycles. The van der Waals surface area contributed by atoms with Gasteiger partial charge in [0.05, 0.1) is 6.04 Å². The van der Waals surface area contributed by atoms with Gasteiger partial charge in [-0.2, -0.15) is 13.2 Å². The highest BCUT2D eigenvalue weighted by Gasteiger charge is 2.35. The lowest BCUT2D eigenvalue weighted by molar-refractivity contribution is -0.137. The fraction of sp³-hybridized carbons (Fsp3) is 0.750. The molecule has 1 heterocycles. The number of alkyl halides is 3. The van der Waals surface area contributed by atoms with Crippen molar-refractivity contribution in [3.63, 3.8) is 0 Å². The lowest BCUT2D eigenvalue weighted by Crippen LogP contribution is -2.29. The van der Waals surface area contributed by atoms with Gasteiger partial charge in [0.25, 0.3) is 0 Å². The minimum atomic E-state index is -4.37. The standard InChI is InChI=1S/C12H18F3N3S/c13-12(14,15)11-17-7-10(19-11)9(18-16)6-8-4-2-1-3-5-8/h7-9,18H,1-6,16H2. The summed E-state index contributed by atoms with van der Waals surface area (Å²) in [6.45, 7) is 0. The smallest absolute Gasteiger partial charge is 0.271 e. The summed E-state index contributed by atoms with van der Waals surface area (Å²) in [6.07, 6.45) is 3.67. The Balaban J connectivity index is 2.02. The van der Waals surface area contributed by atoms with Crippen molar-refractivity contribution in [2.45, 2.75) is 50.7 Å². The molecule has 1 aromatic heterocycles. The van der Waals surface area contributed by atoms with Gasteiger partial charge >= 0.3 is 6.18 Å². The Morgan fingerprint density at radius 1 is 1.37 bits per heavy atom. The second-order valence-electron chi connectivity index (χ2n) is 5.02. The minimum Gasteiger partial charge on any atom is -0.271 e. The van der Waals surface area contributed by atoms with E-state index in [-0.39, 0.29) is 6.04 Å². The number of aromatic nitrogens is 1. The summed E-state index contributed by atoms with van der Waals surface area (Å²) in [6, 6.07) is -0.225. The third-order valence-corrected chi connectivity index (χ3v) is 4.76. The molecule has 0 saturated heterocycles. The van der Waals surface area contributed by atoms with Gasteiger partial charge in [0, 0.05) is 11.1 Å². The molecule has 1 atom stereocenters. The lowest BCUT2D eigenvalue weighted by Gasteiger charge is -2.25. The fourth-order valence-corrected chi connectivity index (χ4v) is 3.46. The normalized spacial score (nSPS) is 19.6. The highest BCUT2D eigenvalue weighted by atomic mass is 32.1. The van der Waals surface area contributed by atoms with Crippen molar-refractivity contribution in [1.82, 2.24) is 10.4 Å². The van der Waals surface area contributed by atoms with Crippen LogP contribution in [0, 0.1) is 5.92 Å². The second-order valence-corrected chi connectivity index (χ2v) is 6.09. The molecule has 0 aromatic carbocycles. The number of rotatable bonds is 4. The summed E-state index contributed by atoms with van der Waals surface area (Å²) < 4.78 is 37.6. The summed E-state index contributed by atoms with van der Waals surface area (Å²) in [7, 11) is 0. The zero-order valence-electron chi connectivity index (χ0n) is 10.5. The molecule has 0 aliphatic heterocycles. The second kappa shape index (κ2) is 6.19. The van der Waals surface area contributed by atoms with Crippen LogP contribution in [0.4, 0.5) is 13.2 Å². The predicted molar refractivity (Wildman–Crippen MR) is 68.4 cm³/mol. The van der Waals surface area contributed by atoms with Crippen LogP contribution in [0.25, 0.3) is 0 Å². The van der Waals surface area contributed by atoms with Crippen LogP contribution in [-0.4, -0.2) is 4.98 Å². The molecular weight excluding hydrogens is 275 g/mol. The maximum atomic E-state index is 12.5. The molecule has 7 heteroatoms. The first-order chi connectivity index (χ1) is 9.00. The fourth-order valence-electron chi connectivity index (χ4n) is 2.60. The average Bonchev–Trinajstić information content (AvgIpc) is 2.86. The molecule has 1 saturated carbocycles. The number of halogens is 3. The van der Waals surface area contributed by atoms with Gasteiger partial charge < -0.3 is 0 Å². The van der Waals surface area contributed by atoms with Crippen molar-refractivity contribution in [3.8, 4) is 0 Å². The number of hydrazine groups is 1. The Kier molecular flexibility index (Phi) is 4.81. The van der Waals surface area contributed by atoms with Gasteiger partial charge in [-0.15, -0.1) is 11.3 Å². The Bertz CT molecular complexity index is 399. The number of nitrogens with one attached hydrogen (secondary N) is 1. The quantitative estimate of drug-likeness (QED) is 0.658. The zero-order chi connectivity index (χ0) is 13.9. The van der Waals surface area contributed by atoms with Gasteiger partial charge in [0.2, 0.25) is 0 Å². The van der Waals surface area contributed by atoms with Crippen LogP contribution in [-0.2, 0) is 6.18 Å². The first-order valence-corrected chi connectivity index (χ1v) is 7.31. The van der Waals surface area contributed by atoms with Crippen LogP contribution in [0.2, 0.25) is 0 Å². The summed E-state index contributed by atoms with van der Waals surface area (Å²) in [5, 5.41) is -0.800. The van der Waals surface area contributed by atoms with E-state index in [1.165, 1.54) is 25.5 Å². The Labute approximate surface area is 114 Å². The van der Waals surface area contributed by atoms with Crippen molar-refractivity contribution >= 4 is 11.3 Å². The van der Waals surface area contributed by atoms with E-state index >= 15 is 0 Å². The molecule has 2 rings (SSSR count). The third kappa shape index (κ3) is 3.90. The molecule has 0 amide bonds. The minimum absolute atomic E-state index is 0.225. The van der Waals surface area contributed by atoms with Crippen LogP contribution in [0.15, 0.2) is 6.20 Å². The SMILES string of the molecule is NNC(CC1CCCCC1)c1cnc(C(F)(F)F)s1. The van der Waals surface area contributed by atoms with Gasteiger partial charge in [-0.3, -0.25) is 11.3 Å². The molecule has 3 N–H and O–H groups in total. The van der Waals surface area contributed by atoms with Crippen molar-refractivity contribution in [2.24, 2.45) is 11.8 Å². The van der Waals surface area contributed by atoms with Crippen molar-refractivity contribution < 1.29 is 13.2 Å². The van der Waals surface area contributed by atoms with Crippen LogP contribution in [0.1, 0.15) is 54.5 Å². The van der Waals surface area contributed by atoms with Gasteiger partial charge in [0.15, 0.2) is 5.01 Å². The Hall–Kier alpha value is -0.660. The molecule has 1 aromatic rings. The number of hydrogen-bond donors (Lipinski definition) is 2. The molecule has 1 fully saturated rings. The molecular formula is C12H18F3N3S. The third-order valence-electron chi connectivity index (χ3n) is 3.60. The zero-order valence-corrected chi connectivity index (χ0v) is 11.4. The van der Waals surface area contributed by atoms with E-state index in [0.29, 0.717) is 22.1 Å². The van der Waals surface area contributed by atoms with Crippen molar-refractivity contribution in [1.29, 1.82) is 0 Å². The van der Waals surface area contributed by atoms with E-state index in [4.69, 9.17) is 5.84 Å². The first-order valence-electron chi connectivity index (χ1n) is 6.49. The number of thiazole rings is 1. The predicted octanol–water partition coefficient (Wildman–Crippen LogP) is 3.64. The summed E-state index contributed by atoms with van der Waals surface area (Å²) in [5.74, 6) is 6.04. The molecule has 108 valence electrons. The molecule has 0 spiro atoms. The number of hydrogen-bond acceptors (Lipinski definition) is 4. The van der Waals surface area contributed by atoms with Gasteiger partial charge in [-0.05, 0) is 12.3 Å². The van der Waals surface area contributed by atoms with E-state index in [1.807, 2.05) is 0 Å².